The summed E-state index contributed by atoms with van der Waals surface area (Å²) >= 11 is 0. The van der Waals surface area contributed by atoms with Crippen LogP contribution in [0.2, 0.25) is 0 Å². The third-order valence-corrected chi connectivity index (χ3v) is 2.87. The van der Waals surface area contributed by atoms with Crippen molar-refractivity contribution in [1.82, 2.24) is 5.32 Å². The Kier molecular flexibility index (Phi) is 3.11. The van der Waals surface area contributed by atoms with Crippen molar-refractivity contribution >= 4 is 5.69 Å². The molecule has 1 aromatic rings. The van der Waals surface area contributed by atoms with Crippen molar-refractivity contribution in [3.05, 3.63) is 23.8 Å². The standard InChI is InChI=1S/C12H18N2O/c1-10-3-4-11(15-2)9-12(10)14-7-5-13-6-8-14/h3-4,9,13H,5-8H2,1-2H3. The molecule has 0 aromatic heterocycles. The number of ether oxygens (including phenoxy) is 1. The maximum absolute atomic E-state index is 5.26. The van der Waals surface area contributed by atoms with Gasteiger partial charge >= 0.3 is 0 Å². The van der Waals surface area contributed by atoms with Crippen LogP contribution in [0.25, 0.3) is 0 Å². The van der Waals surface area contributed by atoms with Crippen LogP contribution in [0, 0.1) is 6.92 Å². The van der Waals surface area contributed by atoms with E-state index >= 15 is 0 Å². The molecular weight excluding hydrogens is 188 g/mol. The molecule has 1 saturated heterocycles. The number of methoxy groups -OCH3 is 1. The van der Waals surface area contributed by atoms with E-state index in [0.29, 0.717) is 0 Å². The van der Waals surface area contributed by atoms with Crippen LogP contribution in [-0.4, -0.2) is 33.3 Å². The molecule has 0 unspecified atom stereocenters. The van der Waals surface area contributed by atoms with E-state index in [-0.39, 0.29) is 0 Å². The highest BCUT2D eigenvalue weighted by Crippen LogP contribution is 2.25. The number of rotatable bonds is 2. The highest BCUT2D eigenvalue weighted by atomic mass is 16.5. The first-order chi connectivity index (χ1) is 7.31. The summed E-state index contributed by atoms with van der Waals surface area (Å²) in [7, 11) is 1.71. The first-order valence-electron chi connectivity index (χ1n) is 5.41. The fourth-order valence-electron chi connectivity index (χ4n) is 1.96. The van der Waals surface area contributed by atoms with Gasteiger partial charge in [-0.25, -0.2) is 0 Å². The summed E-state index contributed by atoms with van der Waals surface area (Å²) in [6.45, 7) is 6.44. The molecule has 1 aromatic carbocycles. The van der Waals surface area contributed by atoms with Gasteiger partial charge in [0.2, 0.25) is 0 Å². The van der Waals surface area contributed by atoms with E-state index in [1.807, 2.05) is 6.07 Å². The maximum atomic E-state index is 5.26. The number of aryl methyl sites for hydroxylation is 1. The maximum Gasteiger partial charge on any atom is 0.120 e. The van der Waals surface area contributed by atoms with Crippen molar-refractivity contribution in [2.45, 2.75) is 6.92 Å². The van der Waals surface area contributed by atoms with Gasteiger partial charge in [-0.3, -0.25) is 0 Å². The van der Waals surface area contributed by atoms with E-state index in [2.05, 4.69) is 29.3 Å². The van der Waals surface area contributed by atoms with Gasteiger partial charge in [0.15, 0.2) is 0 Å². The fourth-order valence-corrected chi connectivity index (χ4v) is 1.96. The summed E-state index contributed by atoms with van der Waals surface area (Å²) in [5, 5.41) is 3.36. The van der Waals surface area contributed by atoms with Crippen molar-refractivity contribution in [1.29, 1.82) is 0 Å². The van der Waals surface area contributed by atoms with E-state index in [1.54, 1.807) is 7.11 Å². The second-order valence-electron chi connectivity index (χ2n) is 3.89. The molecule has 0 amide bonds. The third kappa shape index (κ3) is 2.23. The lowest BCUT2D eigenvalue weighted by Crippen LogP contribution is -2.43. The number of nitrogens with zero attached hydrogens (tertiary/aromatic N) is 1. The molecule has 15 heavy (non-hydrogen) atoms. The molecule has 1 heterocycles. The topological polar surface area (TPSA) is 24.5 Å². The normalized spacial score (nSPS) is 16.5. The Morgan fingerprint density at radius 2 is 2.00 bits per heavy atom. The van der Waals surface area contributed by atoms with Crippen LogP contribution in [0.5, 0.6) is 5.75 Å². The molecule has 82 valence electrons. The molecule has 0 saturated carbocycles. The van der Waals surface area contributed by atoms with Crippen LogP contribution in [0.1, 0.15) is 5.56 Å². The summed E-state index contributed by atoms with van der Waals surface area (Å²) in [5.74, 6) is 0.939. The lowest BCUT2D eigenvalue weighted by molar-refractivity contribution is 0.414. The first kappa shape index (κ1) is 10.3. The van der Waals surface area contributed by atoms with Crippen molar-refractivity contribution in [2.75, 3.05) is 38.2 Å². The molecule has 1 fully saturated rings. The van der Waals surface area contributed by atoms with Gasteiger partial charge in [-0.05, 0) is 18.6 Å². The largest absolute Gasteiger partial charge is 0.497 e. The second kappa shape index (κ2) is 4.53. The average Bonchev–Trinajstić information content (AvgIpc) is 2.31. The lowest BCUT2D eigenvalue weighted by atomic mass is 10.1. The average molecular weight is 206 g/mol. The zero-order valence-electron chi connectivity index (χ0n) is 9.42. The van der Waals surface area contributed by atoms with Gasteiger partial charge in [-0.1, -0.05) is 6.07 Å². The van der Waals surface area contributed by atoms with Crippen LogP contribution in [0.15, 0.2) is 18.2 Å². The van der Waals surface area contributed by atoms with Crippen molar-refractivity contribution in [2.24, 2.45) is 0 Å². The number of piperazine rings is 1. The van der Waals surface area contributed by atoms with E-state index in [1.165, 1.54) is 11.3 Å². The summed E-state index contributed by atoms with van der Waals surface area (Å²) in [4.78, 5) is 2.41. The molecule has 0 aliphatic carbocycles. The summed E-state index contributed by atoms with van der Waals surface area (Å²) in [6.07, 6.45) is 0. The van der Waals surface area contributed by atoms with Crippen molar-refractivity contribution in [3.63, 3.8) is 0 Å². The molecule has 3 heteroatoms. The molecule has 1 aliphatic heterocycles. The van der Waals surface area contributed by atoms with Gasteiger partial charge in [0.25, 0.3) is 0 Å². The minimum Gasteiger partial charge on any atom is -0.497 e. The molecule has 0 bridgehead atoms. The fraction of sp³-hybridized carbons (Fsp3) is 0.500. The number of hydrogen-bond donors (Lipinski definition) is 1. The van der Waals surface area contributed by atoms with Crippen LogP contribution < -0.4 is 15.0 Å². The van der Waals surface area contributed by atoms with E-state index in [4.69, 9.17) is 4.74 Å². The van der Waals surface area contributed by atoms with Crippen molar-refractivity contribution < 1.29 is 4.74 Å². The zero-order chi connectivity index (χ0) is 10.7. The van der Waals surface area contributed by atoms with Crippen LogP contribution in [-0.2, 0) is 0 Å². The predicted molar refractivity (Wildman–Crippen MR) is 62.8 cm³/mol. The Morgan fingerprint density at radius 1 is 1.27 bits per heavy atom. The highest BCUT2D eigenvalue weighted by Gasteiger charge is 2.12. The molecule has 0 radical (unpaired) electrons. The van der Waals surface area contributed by atoms with E-state index < -0.39 is 0 Å². The van der Waals surface area contributed by atoms with Gasteiger partial charge in [-0.15, -0.1) is 0 Å². The molecule has 3 nitrogen and oxygen atoms in total. The SMILES string of the molecule is COc1ccc(C)c(N2CCNCC2)c1. The molecule has 0 spiro atoms. The molecule has 1 aliphatic rings. The van der Waals surface area contributed by atoms with Crippen LogP contribution in [0.4, 0.5) is 5.69 Å². The summed E-state index contributed by atoms with van der Waals surface area (Å²) in [5.41, 5.74) is 2.62. The highest BCUT2D eigenvalue weighted by molar-refractivity contribution is 5.57. The quantitative estimate of drug-likeness (QED) is 0.792. The number of anilines is 1. The molecular formula is C12H18N2O. The van der Waals surface area contributed by atoms with Gasteiger partial charge in [0, 0.05) is 37.9 Å². The van der Waals surface area contributed by atoms with Gasteiger partial charge in [0.1, 0.15) is 5.75 Å². The Labute approximate surface area is 91.0 Å². The second-order valence-corrected chi connectivity index (χ2v) is 3.89. The Morgan fingerprint density at radius 3 is 2.67 bits per heavy atom. The number of benzene rings is 1. The lowest BCUT2D eigenvalue weighted by Gasteiger charge is -2.30. The Bertz CT molecular complexity index is 332. The monoisotopic (exact) mass is 206 g/mol. The molecule has 0 atom stereocenters. The zero-order valence-corrected chi connectivity index (χ0v) is 9.42. The van der Waals surface area contributed by atoms with E-state index in [9.17, 15) is 0 Å². The predicted octanol–water partition coefficient (Wildman–Crippen LogP) is 1.41. The third-order valence-electron chi connectivity index (χ3n) is 2.87. The minimum absolute atomic E-state index is 0.939. The minimum atomic E-state index is 0.939. The van der Waals surface area contributed by atoms with Gasteiger partial charge in [-0.2, -0.15) is 0 Å². The Balaban J connectivity index is 2.24. The number of nitrogens with one attached hydrogen (secondary N) is 1. The summed E-state index contributed by atoms with van der Waals surface area (Å²) in [6, 6.07) is 6.26. The summed E-state index contributed by atoms with van der Waals surface area (Å²) < 4.78 is 5.26. The van der Waals surface area contributed by atoms with E-state index in [0.717, 1.165) is 31.9 Å². The first-order valence-corrected chi connectivity index (χ1v) is 5.41. The van der Waals surface area contributed by atoms with Crippen molar-refractivity contribution in [3.8, 4) is 5.75 Å². The van der Waals surface area contributed by atoms with Gasteiger partial charge in [0.05, 0.1) is 7.11 Å². The molecule has 2 rings (SSSR count). The Hall–Kier alpha value is -1.22. The molecule has 1 N–H and O–H groups in total. The smallest absolute Gasteiger partial charge is 0.120 e. The van der Waals surface area contributed by atoms with Crippen LogP contribution in [0.3, 0.4) is 0 Å². The van der Waals surface area contributed by atoms with Crippen LogP contribution >= 0.6 is 0 Å². The number of hydrogen-bond acceptors (Lipinski definition) is 3. The van der Waals surface area contributed by atoms with Gasteiger partial charge < -0.3 is 15.0 Å².